The van der Waals surface area contributed by atoms with E-state index < -0.39 is 0 Å². The summed E-state index contributed by atoms with van der Waals surface area (Å²) in [6.45, 7) is 3.15. The largest absolute Gasteiger partial charge is 0.358 e. The van der Waals surface area contributed by atoms with Gasteiger partial charge in [-0.1, -0.05) is 6.92 Å². The van der Waals surface area contributed by atoms with Gasteiger partial charge in [-0.15, -0.1) is 0 Å². The van der Waals surface area contributed by atoms with Crippen molar-refractivity contribution < 1.29 is 0 Å². The van der Waals surface area contributed by atoms with E-state index in [-0.39, 0.29) is 0 Å². The summed E-state index contributed by atoms with van der Waals surface area (Å²) in [6, 6.07) is 0. The highest BCUT2D eigenvalue weighted by atomic mass is 79.9. The average Bonchev–Trinajstić information content (AvgIpc) is 2.06. The first-order valence-corrected chi connectivity index (χ1v) is 4.72. The highest BCUT2D eigenvalue weighted by Crippen LogP contribution is 2.09. The molecule has 0 aliphatic carbocycles. The van der Waals surface area contributed by atoms with Gasteiger partial charge in [0.05, 0.1) is 12.4 Å². The smallest absolute Gasteiger partial charge is 0.146 e. The average molecular weight is 230 g/mol. The molecule has 1 aromatic heterocycles. The van der Waals surface area contributed by atoms with E-state index in [1.54, 1.807) is 12.4 Å². The number of halogens is 1. The third-order valence-electron chi connectivity index (χ3n) is 1.56. The third kappa shape index (κ3) is 2.44. The van der Waals surface area contributed by atoms with Crippen LogP contribution in [0.2, 0.25) is 0 Å². The Kier molecular flexibility index (Phi) is 3.47. The van der Waals surface area contributed by atoms with Crippen LogP contribution in [-0.4, -0.2) is 23.6 Å². The van der Waals surface area contributed by atoms with Crippen LogP contribution in [0, 0.1) is 0 Å². The Hall–Kier alpha value is -0.640. The molecule has 0 N–H and O–H groups in total. The molecule has 0 bridgehead atoms. The maximum atomic E-state index is 4.21. The molecule has 4 heteroatoms. The molecule has 0 unspecified atom stereocenters. The minimum absolute atomic E-state index is 0.774. The van der Waals surface area contributed by atoms with Crippen LogP contribution in [0.5, 0.6) is 0 Å². The number of aromatic nitrogens is 2. The van der Waals surface area contributed by atoms with E-state index >= 15 is 0 Å². The minimum Gasteiger partial charge on any atom is -0.358 e. The topological polar surface area (TPSA) is 29.0 Å². The molecule has 0 radical (unpaired) electrons. The minimum atomic E-state index is 0.774. The van der Waals surface area contributed by atoms with Gasteiger partial charge >= 0.3 is 0 Å². The lowest BCUT2D eigenvalue weighted by Gasteiger charge is -2.15. The fraction of sp³-hybridized carbons (Fsp3) is 0.500. The highest BCUT2D eigenvalue weighted by molar-refractivity contribution is 9.10. The predicted octanol–water partition coefficient (Wildman–Crippen LogP) is 2.09. The van der Waals surface area contributed by atoms with E-state index in [1.807, 2.05) is 7.05 Å². The molecule has 0 saturated heterocycles. The molecular weight excluding hydrogens is 218 g/mol. The molecule has 3 nitrogen and oxygen atoms in total. The number of hydrogen-bond acceptors (Lipinski definition) is 3. The molecule has 1 rings (SSSR count). The number of rotatable bonds is 3. The molecule has 0 fully saturated rings. The zero-order valence-corrected chi connectivity index (χ0v) is 8.87. The van der Waals surface area contributed by atoms with Crippen LogP contribution in [0.25, 0.3) is 0 Å². The quantitative estimate of drug-likeness (QED) is 0.796. The summed E-state index contributed by atoms with van der Waals surface area (Å²) in [5, 5.41) is 0. The Labute approximate surface area is 81.0 Å². The van der Waals surface area contributed by atoms with Crippen molar-refractivity contribution in [1.29, 1.82) is 0 Å². The lowest BCUT2D eigenvalue weighted by molar-refractivity contribution is 0.832. The van der Waals surface area contributed by atoms with Crippen LogP contribution in [0.4, 0.5) is 5.82 Å². The SMILES string of the molecule is CCCN(C)c1cnc(Br)cn1. The monoisotopic (exact) mass is 229 g/mol. The second-order valence-electron chi connectivity index (χ2n) is 2.62. The first-order valence-electron chi connectivity index (χ1n) is 3.92. The molecule has 12 heavy (non-hydrogen) atoms. The molecule has 0 spiro atoms. The molecule has 0 amide bonds. The van der Waals surface area contributed by atoms with Crippen molar-refractivity contribution in [3.63, 3.8) is 0 Å². The summed E-state index contributed by atoms with van der Waals surface area (Å²) in [7, 11) is 2.02. The molecular formula is C8H12BrN3. The van der Waals surface area contributed by atoms with Crippen LogP contribution in [-0.2, 0) is 0 Å². The van der Waals surface area contributed by atoms with Crippen molar-refractivity contribution in [2.24, 2.45) is 0 Å². The van der Waals surface area contributed by atoms with Crippen molar-refractivity contribution in [2.75, 3.05) is 18.5 Å². The van der Waals surface area contributed by atoms with Crippen LogP contribution in [0.15, 0.2) is 17.0 Å². The van der Waals surface area contributed by atoms with E-state index in [0.29, 0.717) is 0 Å². The van der Waals surface area contributed by atoms with Gasteiger partial charge in [0, 0.05) is 13.6 Å². The van der Waals surface area contributed by atoms with Crippen LogP contribution < -0.4 is 4.90 Å². The van der Waals surface area contributed by atoms with Crippen LogP contribution in [0.3, 0.4) is 0 Å². The fourth-order valence-corrected chi connectivity index (χ4v) is 1.16. The van der Waals surface area contributed by atoms with Crippen LogP contribution >= 0.6 is 15.9 Å². The molecule has 0 aliphatic rings. The van der Waals surface area contributed by atoms with Crippen molar-refractivity contribution >= 4 is 21.7 Å². The lowest BCUT2D eigenvalue weighted by Crippen LogP contribution is -2.18. The predicted molar refractivity (Wildman–Crippen MR) is 53.3 cm³/mol. The second kappa shape index (κ2) is 4.40. The van der Waals surface area contributed by atoms with Gasteiger partial charge in [0.1, 0.15) is 10.4 Å². The molecule has 0 atom stereocenters. The van der Waals surface area contributed by atoms with Gasteiger partial charge in [0.2, 0.25) is 0 Å². The molecule has 0 aromatic carbocycles. The van der Waals surface area contributed by atoms with Crippen molar-refractivity contribution in [2.45, 2.75) is 13.3 Å². The molecule has 1 heterocycles. The zero-order valence-electron chi connectivity index (χ0n) is 7.29. The summed E-state index contributed by atoms with van der Waals surface area (Å²) in [4.78, 5) is 10.4. The number of anilines is 1. The standard InChI is InChI=1S/C8H12BrN3/c1-3-4-12(2)8-6-10-7(9)5-11-8/h5-6H,3-4H2,1-2H3. The van der Waals surface area contributed by atoms with Crippen LogP contribution in [0.1, 0.15) is 13.3 Å². The fourth-order valence-electron chi connectivity index (χ4n) is 0.953. The van der Waals surface area contributed by atoms with Gasteiger partial charge in [-0.25, -0.2) is 9.97 Å². The highest BCUT2D eigenvalue weighted by Gasteiger charge is 1.99. The van der Waals surface area contributed by atoms with E-state index in [9.17, 15) is 0 Å². The number of hydrogen-bond donors (Lipinski definition) is 0. The van der Waals surface area contributed by atoms with Gasteiger partial charge in [-0.05, 0) is 22.4 Å². The second-order valence-corrected chi connectivity index (χ2v) is 3.43. The number of nitrogens with zero attached hydrogens (tertiary/aromatic N) is 3. The summed E-state index contributed by atoms with van der Waals surface area (Å²) in [5.41, 5.74) is 0. The van der Waals surface area contributed by atoms with Crippen molar-refractivity contribution in [3.8, 4) is 0 Å². The molecule has 0 saturated carbocycles. The zero-order chi connectivity index (χ0) is 8.97. The maximum Gasteiger partial charge on any atom is 0.146 e. The Morgan fingerprint density at radius 1 is 1.42 bits per heavy atom. The van der Waals surface area contributed by atoms with Gasteiger partial charge in [-0.2, -0.15) is 0 Å². The Morgan fingerprint density at radius 3 is 2.67 bits per heavy atom. The summed E-state index contributed by atoms with van der Waals surface area (Å²) in [6.07, 6.45) is 4.59. The van der Waals surface area contributed by atoms with Gasteiger partial charge < -0.3 is 4.90 Å². The van der Waals surface area contributed by atoms with Gasteiger partial charge in [0.25, 0.3) is 0 Å². The maximum absolute atomic E-state index is 4.21. The first-order chi connectivity index (χ1) is 5.74. The summed E-state index contributed by atoms with van der Waals surface area (Å²) in [5.74, 6) is 0.917. The van der Waals surface area contributed by atoms with Gasteiger partial charge in [-0.3, -0.25) is 0 Å². The Morgan fingerprint density at radius 2 is 2.17 bits per heavy atom. The summed E-state index contributed by atoms with van der Waals surface area (Å²) >= 11 is 3.24. The summed E-state index contributed by atoms with van der Waals surface area (Å²) < 4.78 is 0.774. The Balaban J connectivity index is 2.68. The molecule has 1 aromatic rings. The normalized spacial score (nSPS) is 9.92. The molecule has 66 valence electrons. The third-order valence-corrected chi connectivity index (χ3v) is 1.97. The lowest BCUT2D eigenvalue weighted by atomic mass is 10.4. The van der Waals surface area contributed by atoms with Gasteiger partial charge in [0.15, 0.2) is 0 Å². The van der Waals surface area contributed by atoms with E-state index in [4.69, 9.17) is 0 Å². The first kappa shape index (κ1) is 9.45. The Bertz CT molecular complexity index is 235. The van der Waals surface area contributed by atoms with E-state index in [2.05, 4.69) is 37.7 Å². The van der Waals surface area contributed by atoms with E-state index in [1.165, 1.54) is 0 Å². The van der Waals surface area contributed by atoms with Crippen molar-refractivity contribution in [1.82, 2.24) is 9.97 Å². The van der Waals surface area contributed by atoms with E-state index in [0.717, 1.165) is 23.4 Å². The molecule has 0 aliphatic heterocycles. The van der Waals surface area contributed by atoms with Crippen molar-refractivity contribution in [3.05, 3.63) is 17.0 Å².